The molecule has 0 amide bonds. The molecule has 1 aliphatic carbocycles. The lowest BCUT2D eigenvalue weighted by molar-refractivity contribution is -0.157. The zero-order valence-electron chi connectivity index (χ0n) is 9.21. The molecule has 2 heteroatoms. The van der Waals surface area contributed by atoms with Crippen molar-refractivity contribution in [1.29, 1.82) is 0 Å². The first-order valence-electron chi connectivity index (χ1n) is 5.81. The van der Waals surface area contributed by atoms with Crippen LogP contribution in [0.3, 0.4) is 0 Å². The van der Waals surface area contributed by atoms with E-state index in [1.165, 1.54) is 19.3 Å². The molecule has 1 saturated carbocycles. The molecule has 1 spiro atoms. The number of ketones is 1. The Kier molecular flexibility index (Phi) is 2.65. The van der Waals surface area contributed by atoms with E-state index in [0.29, 0.717) is 5.78 Å². The largest absolute Gasteiger partial charge is 0.375 e. The smallest absolute Gasteiger partial charge is 0.138 e. The second kappa shape index (κ2) is 3.65. The number of hydrogen-bond acceptors (Lipinski definition) is 2. The average molecular weight is 196 g/mol. The van der Waals surface area contributed by atoms with Gasteiger partial charge in [0.1, 0.15) is 5.78 Å². The Balaban J connectivity index is 1.97. The van der Waals surface area contributed by atoms with Crippen molar-refractivity contribution in [2.24, 2.45) is 11.8 Å². The van der Waals surface area contributed by atoms with Crippen LogP contribution in [0.1, 0.15) is 46.0 Å². The summed E-state index contributed by atoms with van der Waals surface area (Å²) in [5.41, 5.74) is 0.119. The SMILES string of the molecule is CC(C)C(=O)C1CCOC2(CCC2)C1. The average Bonchev–Trinajstić information content (AvgIpc) is 2.14. The fourth-order valence-corrected chi connectivity index (χ4v) is 2.66. The van der Waals surface area contributed by atoms with Crippen molar-refractivity contribution >= 4 is 5.78 Å². The van der Waals surface area contributed by atoms with E-state index in [9.17, 15) is 4.79 Å². The zero-order chi connectivity index (χ0) is 10.2. The van der Waals surface area contributed by atoms with Crippen LogP contribution in [0, 0.1) is 11.8 Å². The number of carbonyl (C=O) groups is 1. The van der Waals surface area contributed by atoms with Crippen LogP contribution in [0.4, 0.5) is 0 Å². The summed E-state index contributed by atoms with van der Waals surface area (Å²) >= 11 is 0. The molecule has 1 aliphatic heterocycles. The molecule has 0 aromatic rings. The molecule has 0 radical (unpaired) electrons. The third kappa shape index (κ3) is 1.72. The molecule has 0 aromatic heterocycles. The summed E-state index contributed by atoms with van der Waals surface area (Å²) in [6.07, 6.45) is 5.56. The van der Waals surface area contributed by atoms with Gasteiger partial charge in [-0.05, 0) is 32.1 Å². The van der Waals surface area contributed by atoms with Gasteiger partial charge in [-0.3, -0.25) is 4.79 Å². The molecule has 0 aromatic carbocycles. The highest BCUT2D eigenvalue weighted by molar-refractivity contribution is 5.83. The first kappa shape index (κ1) is 10.2. The van der Waals surface area contributed by atoms with Crippen LogP contribution in [0.5, 0.6) is 0 Å². The van der Waals surface area contributed by atoms with Crippen molar-refractivity contribution in [1.82, 2.24) is 0 Å². The van der Waals surface area contributed by atoms with Gasteiger partial charge < -0.3 is 4.74 Å². The molecule has 14 heavy (non-hydrogen) atoms. The van der Waals surface area contributed by atoms with Crippen molar-refractivity contribution in [2.45, 2.75) is 51.6 Å². The maximum atomic E-state index is 11.9. The van der Waals surface area contributed by atoms with Gasteiger partial charge in [-0.2, -0.15) is 0 Å². The zero-order valence-corrected chi connectivity index (χ0v) is 9.21. The summed E-state index contributed by atoms with van der Waals surface area (Å²) in [5, 5.41) is 0. The summed E-state index contributed by atoms with van der Waals surface area (Å²) in [4.78, 5) is 11.9. The first-order valence-corrected chi connectivity index (χ1v) is 5.81. The standard InChI is InChI=1S/C12H20O2/c1-9(2)11(13)10-4-7-14-12(8-10)5-3-6-12/h9-10H,3-8H2,1-2H3. The Morgan fingerprint density at radius 3 is 2.64 bits per heavy atom. The van der Waals surface area contributed by atoms with Gasteiger partial charge in [-0.15, -0.1) is 0 Å². The molecule has 2 fully saturated rings. The quantitative estimate of drug-likeness (QED) is 0.678. The first-order chi connectivity index (χ1) is 6.63. The summed E-state index contributed by atoms with van der Waals surface area (Å²) < 4.78 is 5.81. The van der Waals surface area contributed by atoms with Gasteiger partial charge >= 0.3 is 0 Å². The lowest BCUT2D eigenvalue weighted by Gasteiger charge is -2.47. The van der Waals surface area contributed by atoms with Gasteiger partial charge in [0.2, 0.25) is 0 Å². The van der Waals surface area contributed by atoms with Crippen molar-refractivity contribution in [2.75, 3.05) is 6.61 Å². The van der Waals surface area contributed by atoms with Gasteiger partial charge in [-0.25, -0.2) is 0 Å². The summed E-state index contributed by atoms with van der Waals surface area (Å²) in [6.45, 7) is 4.81. The highest BCUT2D eigenvalue weighted by Crippen LogP contribution is 2.44. The number of Topliss-reactive ketones (excluding diaryl/α,β-unsaturated/α-hetero) is 1. The Labute approximate surface area is 86.0 Å². The van der Waals surface area contributed by atoms with E-state index in [1.807, 2.05) is 13.8 Å². The summed E-state index contributed by atoms with van der Waals surface area (Å²) in [5.74, 6) is 0.916. The van der Waals surface area contributed by atoms with E-state index in [0.717, 1.165) is 19.4 Å². The van der Waals surface area contributed by atoms with Gasteiger partial charge in [0.15, 0.2) is 0 Å². The molecule has 0 bridgehead atoms. The van der Waals surface area contributed by atoms with Crippen LogP contribution in [0.2, 0.25) is 0 Å². The Bertz CT molecular complexity index is 228. The minimum atomic E-state index is 0.119. The third-order valence-electron chi connectivity index (χ3n) is 3.73. The number of rotatable bonds is 2. The maximum Gasteiger partial charge on any atom is 0.138 e. The fourth-order valence-electron chi connectivity index (χ4n) is 2.66. The molecule has 1 heterocycles. The lowest BCUT2D eigenvalue weighted by atomic mass is 9.70. The Morgan fingerprint density at radius 1 is 1.43 bits per heavy atom. The molecule has 80 valence electrons. The Hall–Kier alpha value is -0.370. The maximum absolute atomic E-state index is 11.9. The molecule has 2 rings (SSSR count). The van der Waals surface area contributed by atoms with E-state index >= 15 is 0 Å². The lowest BCUT2D eigenvalue weighted by Crippen LogP contribution is -2.47. The van der Waals surface area contributed by atoms with Crippen molar-refractivity contribution in [3.05, 3.63) is 0 Å². The van der Waals surface area contributed by atoms with Gasteiger partial charge in [-0.1, -0.05) is 13.8 Å². The van der Waals surface area contributed by atoms with E-state index in [-0.39, 0.29) is 17.4 Å². The van der Waals surface area contributed by atoms with Crippen molar-refractivity contribution in [3.63, 3.8) is 0 Å². The van der Waals surface area contributed by atoms with Crippen LogP contribution < -0.4 is 0 Å². The normalized spacial score (nSPS) is 30.4. The predicted molar refractivity (Wildman–Crippen MR) is 55.1 cm³/mol. The van der Waals surface area contributed by atoms with E-state index < -0.39 is 0 Å². The third-order valence-corrected chi connectivity index (χ3v) is 3.73. The highest BCUT2D eigenvalue weighted by Gasteiger charge is 2.44. The monoisotopic (exact) mass is 196 g/mol. The fraction of sp³-hybridized carbons (Fsp3) is 0.917. The molecule has 2 aliphatic rings. The Morgan fingerprint density at radius 2 is 2.14 bits per heavy atom. The van der Waals surface area contributed by atoms with E-state index in [1.54, 1.807) is 0 Å². The second-order valence-corrected chi connectivity index (χ2v) is 5.13. The van der Waals surface area contributed by atoms with Gasteiger partial charge in [0, 0.05) is 18.4 Å². The molecule has 0 N–H and O–H groups in total. The molecule has 1 saturated heterocycles. The minimum Gasteiger partial charge on any atom is -0.375 e. The predicted octanol–water partition coefficient (Wildman–Crippen LogP) is 2.56. The minimum absolute atomic E-state index is 0.119. The molecular formula is C12H20O2. The number of hydrogen-bond donors (Lipinski definition) is 0. The summed E-state index contributed by atoms with van der Waals surface area (Å²) in [7, 11) is 0. The van der Waals surface area contributed by atoms with Crippen LogP contribution in [0.25, 0.3) is 0 Å². The van der Waals surface area contributed by atoms with Gasteiger partial charge in [0.25, 0.3) is 0 Å². The molecular weight excluding hydrogens is 176 g/mol. The summed E-state index contributed by atoms with van der Waals surface area (Å²) in [6, 6.07) is 0. The van der Waals surface area contributed by atoms with Crippen LogP contribution in [-0.4, -0.2) is 18.0 Å². The number of carbonyl (C=O) groups excluding carboxylic acids is 1. The van der Waals surface area contributed by atoms with Crippen LogP contribution in [0.15, 0.2) is 0 Å². The van der Waals surface area contributed by atoms with Crippen molar-refractivity contribution < 1.29 is 9.53 Å². The van der Waals surface area contributed by atoms with Gasteiger partial charge in [0.05, 0.1) is 5.60 Å². The topological polar surface area (TPSA) is 26.3 Å². The van der Waals surface area contributed by atoms with Crippen LogP contribution >= 0.6 is 0 Å². The molecule has 1 unspecified atom stereocenters. The molecule has 2 nitrogen and oxygen atoms in total. The molecule has 1 atom stereocenters. The number of ether oxygens (including phenoxy) is 1. The van der Waals surface area contributed by atoms with Crippen molar-refractivity contribution in [3.8, 4) is 0 Å². The second-order valence-electron chi connectivity index (χ2n) is 5.13. The van der Waals surface area contributed by atoms with E-state index in [4.69, 9.17) is 4.74 Å². The van der Waals surface area contributed by atoms with E-state index in [2.05, 4.69) is 0 Å². The van der Waals surface area contributed by atoms with Crippen LogP contribution in [-0.2, 0) is 9.53 Å². The highest BCUT2D eigenvalue weighted by atomic mass is 16.5.